The summed E-state index contributed by atoms with van der Waals surface area (Å²) < 4.78 is 1.62. The van der Waals surface area contributed by atoms with Crippen molar-refractivity contribution in [1.82, 2.24) is 25.0 Å². The van der Waals surface area contributed by atoms with Gasteiger partial charge in [-0.25, -0.2) is 4.68 Å². The molecule has 5 rings (SSSR count). The number of pyridine rings is 1. The number of aromatic nitrogens is 5. The van der Waals surface area contributed by atoms with Crippen LogP contribution < -0.4 is 10.5 Å². The number of hydrogen-bond acceptors (Lipinski definition) is 6. The molecule has 7 heteroatoms. The van der Waals surface area contributed by atoms with Crippen molar-refractivity contribution in [3.8, 4) is 11.3 Å². The van der Waals surface area contributed by atoms with E-state index in [1.54, 1.807) is 29.2 Å². The van der Waals surface area contributed by atoms with Gasteiger partial charge in [-0.15, -0.1) is 5.10 Å². The Balaban J connectivity index is 1.25. The molecule has 1 saturated heterocycles. The molecule has 0 aromatic carbocycles. The highest BCUT2D eigenvalue weighted by molar-refractivity contribution is 5.57. The second-order valence-electron chi connectivity index (χ2n) is 8.93. The van der Waals surface area contributed by atoms with Gasteiger partial charge in [0.2, 0.25) is 0 Å². The molecule has 1 atom stereocenters. The number of fused-ring (bicyclic) bond motifs is 1. The summed E-state index contributed by atoms with van der Waals surface area (Å²) in [7, 11) is 0. The summed E-state index contributed by atoms with van der Waals surface area (Å²) in [6, 6.07) is 9.47. The lowest BCUT2D eigenvalue weighted by Crippen LogP contribution is -2.37. The van der Waals surface area contributed by atoms with Crippen LogP contribution >= 0.6 is 0 Å². The summed E-state index contributed by atoms with van der Waals surface area (Å²) in [5.41, 5.74) is 4.28. The van der Waals surface area contributed by atoms with E-state index in [2.05, 4.69) is 38.2 Å². The summed E-state index contributed by atoms with van der Waals surface area (Å²) in [4.78, 5) is 18.8. The van der Waals surface area contributed by atoms with Crippen molar-refractivity contribution in [2.45, 2.75) is 45.6 Å². The van der Waals surface area contributed by atoms with E-state index in [1.165, 1.54) is 17.7 Å². The van der Waals surface area contributed by atoms with Crippen molar-refractivity contribution in [2.75, 3.05) is 18.0 Å². The average molecular weight is 417 g/mol. The highest BCUT2D eigenvalue weighted by atomic mass is 16.1. The normalized spacial score (nSPS) is 19.3. The van der Waals surface area contributed by atoms with Crippen LogP contribution in [0.25, 0.3) is 11.3 Å². The van der Waals surface area contributed by atoms with E-state index in [4.69, 9.17) is 0 Å². The number of hydrogen-bond donors (Lipinski definition) is 0. The fourth-order valence-corrected chi connectivity index (χ4v) is 4.69. The summed E-state index contributed by atoms with van der Waals surface area (Å²) in [5.74, 6) is 2.16. The molecule has 1 fully saturated rings. The predicted octanol–water partition coefficient (Wildman–Crippen LogP) is 3.14. The van der Waals surface area contributed by atoms with E-state index in [-0.39, 0.29) is 5.56 Å². The molecule has 1 unspecified atom stereocenters. The Bertz CT molecular complexity index is 1100. The topological polar surface area (TPSA) is 76.8 Å². The van der Waals surface area contributed by atoms with Crippen LogP contribution in [0.5, 0.6) is 0 Å². The Morgan fingerprint density at radius 1 is 1.03 bits per heavy atom. The van der Waals surface area contributed by atoms with Gasteiger partial charge < -0.3 is 4.90 Å². The van der Waals surface area contributed by atoms with Crippen molar-refractivity contribution in [2.24, 2.45) is 11.8 Å². The van der Waals surface area contributed by atoms with Crippen molar-refractivity contribution in [3.63, 3.8) is 0 Å². The third-order valence-corrected chi connectivity index (χ3v) is 6.60. The molecule has 3 aromatic rings. The smallest absolute Gasteiger partial charge is 0.266 e. The first-order valence-electron chi connectivity index (χ1n) is 11.2. The fraction of sp³-hybridized carbons (Fsp3) is 0.458. The van der Waals surface area contributed by atoms with Gasteiger partial charge in [-0.3, -0.25) is 9.78 Å². The van der Waals surface area contributed by atoms with Gasteiger partial charge in [-0.1, -0.05) is 6.92 Å². The van der Waals surface area contributed by atoms with E-state index >= 15 is 0 Å². The van der Waals surface area contributed by atoms with Gasteiger partial charge in [-0.05, 0) is 73.8 Å². The SMILES string of the molecule is CC1CCc2nnc(N3CCC(Cn4nc(-c5ccncc5)ccc4=O)CC3)cc2C1. The first-order chi connectivity index (χ1) is 15.2. The molecule has 3 aromatic heterocycles. The second kappa shape index (κ2) is 8.57. The minimum absolute atomic E-state index is 0.0464. The van der Waals surface area contributed by atoms with Crippen LogP contribution in [-0.4, -0.2) is 38.1 Å². The third-order valence-electron chi connectivity index (χ3n) is 6.60. The quantitative estimate of drug-likeness (QED) is 0.650. The summed E-state index contributed by atoms with van der Waals surface area (Å²) in [5, 5.41) is 13.6. The summed E-state index contributed by atoms with van der Waals surface area (Å²) >= 11 is 0. The number of piperidine rings is 1. The van der Waals surface area contributed by atoms with E-state index in [1.807, 2.05) is 12.1 Å². The average Bonchev–Trinajstić information content (AvgIpc) is 2.81. The molecule has 7 nitrogen and oxygen atoms in total. The van der Waals surface area contributed by atoms with Gasteiger partial charge in [0.25, 0.3) is 5.56 Å². The number of aryl methyl sites for hydroxylation is 1. The number of nitrogens with zero attached hydrogens (tertiary/aromatic N) is 6. The van der Waals surface area contributed by atoms with E-state index in [0.29, 0.717) is 12.5 Å². The Morgan fingerprint density at radius 2 is 1.84 bits per heavy atom. The third kappa shape index (κ3) is 4.36. The Hall–Kier alpha value is -3.09. The first kappa shape index (κ1) is 19.8. The van der Waals surface area contributed by atoms with Crippen LogP contribution in [0.1, 0.15) is 37.4 Å². The van der Waals surface area contributed by atoms with Crippen LogP contribution in [0, 0.1) is 11.8 Å². The van der Waals surface area contributed by atoms with Crippen LogP contribution in [0.4, 0.5) is 5.82 Å². The lowest BCUT2D eigenvalue weighted by molar-refractivity contribution is 0.334. The summed E-state index contributed by atoms with van der Waals surface area (Å²) in [6.45, 7) is 4.84. The zero-order valence-electron chi connectivity index (χ0n) is 17.9. The molecule has 4 heterocycles. The molecule has 0 saturated carbocycles. The molecule has 2 aliphatic rings. The Labute approximate surface area is 182 Å². The minimum Gasteiger partial charge on any atom is -0.355 e. The highest BCUT2D eigenvalue weighted by Gasteiger charge is 2.24. The Kier molecular flexibility index (Phi) is 5.49. The molecule has 0 radical (unpaired) electrons. The number of anilines is 1. The largest absolute Gasteiger partial charge is 0.355 e. The molecule has 1 aliphatic carbocycles. The fourth-order valence-electron chi connectivity index (χ4n) is 4.69. The van der Waals surface area contributed by atoms with Crippen LogP contribution in [0.15, 0.2) is 47.5 Å². The van der Waals surface area contributed by atoms with Gasteiger partial charge in [0, 0.05) is 43.7 Å². The van der Waals surface area contributed by atoms with Crippen molar-refractivity contribution in [1.29, 1.82) is 0 Å². The molecule has 0 bridgehead atoms. The van der Waals surface area contributed by atoms with Gasteiger partial charge >= 0.3 is 0 Å². The molecular weight excluding hydrogens is 388 g/mol. The van der Waals surface area contributed by atoms with Gasteiger partial charge in [0.15, 0.2) is 5.82 Å². The van der Waals surface area contributed by atoms with Crippen molar-refractivity contribution in [3.05, 3.63) is 64.3 Å². The van der Waals surface area contributed by atoms with Crippen LogP contribution in [-0.2, 0) is 19.4 Å². The summed E-state index contributed by atoms with van der Waals surface area (Å²) in [6.07, 6.45) is 8.88. The van der Waals surface area contributed by atoms with Gasteiger partial charge in [0.1, 0.15) is 0 Å². The van der Waals surface area contributed by atoms with E-state index in [9.17, 15) is 4.79 Å². The van der Waals surface area contributed by atoms with Crippen LogP contribution in [0.2, 0.25) is 0 Å². The molecular formula is C24H28N6O. The van der Waals surface area contributed by atoms with Gasteiger partial charge in [0.05, 0.1) is 11.4 Å². The molecule has 31 heavy (non-hydrogen) atoms. The van der Waals surface area contributed by atoms with Crippen molar-refractivity contribution < 1.29 is 0 Å². The zero-order valence-corrected chi connectivity index (χ0v) is 17.9. The minimum atomic E-state index is -0.0464. The van der Waals surface area contributed by atoms with Crippen molar-refractivity contribution >= 4 is 5.82 Å². The zero-order chi connectivity index (χ0) is 21.2. The molecule has 0 spiro atoms. The lowest BCUT2D eigenvalue weighted by Gasteiger charge is -2.33. The Morgan fingerprint density at radius 3 is 2.65 bits per heavy atom. The van der Waals surface area contributed by atoms with E-state index < -0.39 is 0 Å². The second-order valence-corrected chi connectivity index (χ2v) is 8.93. The standard InChI is InChI=1S/C24H28N6O/c1-17-2-3-21-20(14-17)15-23(27-26-21)29-12-8-18(9-13-29)16-30-24(31)5-4-22(28-30)19-6-10-25-11-7-19/h4-7,10-11,15,17-18H,2-3,8-9,12-14,16H2,1H3. The number of rotatable bonds is 4. The molecule has 0 N–H and O–H groups in total. The highest BCUT2D eigenvalue weighted by Crippen LogP contribution is 2.28. The first-order valence-corrected chi connectivity index (χ1v) is 11.2. The molecule has 1 aliphatic heterocycles. The van der Waals surface area contributed by atoms with Crippen LogP contribution in [0.3, 0.4) is 0 Å². The lowest BCUT2D eigenvalue weighted by atomic mass is 9.88. The van der Waals surface area contributed by atoms with Gasteiger partial charge in [-0.2, -0.15) is 10.2 Å². The maximum Gasteiger partial charge on any atom is 0.266 e. The molecule has 0 amide bonds. The molecule has 160 valence electrons. The van der Waals surface area contributed by atoms with E-state index in [0.717, 1.165) is 61.8 Å². The predicted molar refractivity (Wildman–Crippen MR) is 120 cm³/mol. The maximum absolute atomic E-state index is 12.4. The monoisotopic (exact) mass is 416 g/mol. The maximum atomic E-state index is 12.4.